The number of rotatable bonds is 2. The number of hydrogen-bond acceptors (Lipinski definition) is 2. The lowest BCUT2D eigenvalue weighted by atomic mass is 10.4. The standard InChI is InChI=1S/C9H10FNS/c10-7-1-3-8(4-2-7)12-9(11)5-6-9/h1-4H,5-6,11H2. The normalized spacial score (nSPS) is 19.2. The Morgan fingerprint density at radius 2 is 1.83 bits per heavy atom. The molecule has 0 aromatic heterocycles. The molecular formula is C9H10FNS. The fourth-order valence-corrected chi connectivity index (χ4v) is 2.01. The maximum atomic E-state index is 12.5. The third-order valence-corrected chi connectivity index (χ3v) is 3.20. The van der Waals surface area contributed by atoms with Crippen molar-refractivity contribution in [3.05, 3.63) is 30.1 Å². The molecule has 1 aromatic rings. The third-order valence-electron chi connectivity index (χ3n) is 1.88. The second-order valence-electron chi connectivity index (χ2n) is 3.12. The molecule has 12 heavy (non-hydrogen) atoms. The highest BCUT2D eigenvalue weighted by atomic mass is 32.2. The van der Waals surface area contributed by atoms with Crippen LogP contribution in [-0.4, -0.2) is 4.87 Å². The Morgan fingerprint density at radius 3 is 2.33 bits per heavy atom. The zero-order chi connectivity index (χ0) is 8.60. The van der Waals surface area contributed by atoms with Crippen molar-refractivity contribution in [3.8, 4) is 0 Å². The van der Waals surface area contributed by atoms with E-state index in [1.54, 1.807) is 23.9 Å². The Kier molecular flexibility index (Phi) is 1.85. The SMILES string of the molecule is NC1(Sc2ccc(F)cc2)CC1. The van der Waals surface area contributed by atoms with Crippen LogP contribution in [0.2, 0.25) is 0 Å². The minimum absolute atomic E-state index is 0.0577. The zero-order valence-electron chi connectivity index (χ0n) is 6.59. The van der Waals surface area contributed by atoms with Crippen LogP contribution in [0.15, 0.2) is 29.2 Å². The van der Waals surface area contributed by atoms with Crippen molar-refractivity contribution in [1.82, 2.24) is 0 Å². The molecule has 2 N–H and O–H groups in total. The van der Waals surface area contributed by atoms with Gasteiger partial charge in [-0.2, -0.15) is 0 Å². The molecule has 3 heteroatoms. The maximum Gasteiger partial charge on any atom is 0.123 e. The van der Waals surface area contributed by atoms with Gasteiger partial charge in [0, 0.05) is 4.90 Å². The van der Waals surface area contributed by atoms with Crippen molar-refractivity contribution < 1.29 is 4.39 Å². The van der Waals surface area contributed by atoms with E-state index in [0.29, 0.717) is 0 Å². The van der Waals surface area contributed by atoms with Gasteiger partial charge in [0.2, 0.25) is 0 Å². The van der Waals surface area contributed by atoms with E-state index in [2.05, 4.69) is 0 Å². The van der Waals surface area contributed by atoms with Crippen molar-refractivity contribution in [3.63, 3.8) is 0 Å². The molecule has 0 atom stereocenters. The highest BCUT2D eigenvalue weighted by Gasteiger charge is 2.39. The van der Waals surface area contributed by atoms with Gasteiger partial charge in [-0.1, -0.05) is 0 Å². The molecule has 1 aromatic carbocycles. The smallest absolute Gasteiger partial charge is 0.123 e. The van der Waals surface area contributed by atoms with Gasteiger partial charge in [0.15, 0.2) is 0 Å². The first-order valence-electron chi connectivity index (χ1n) is 3.91. The van der Waals surface area contributed by atoms with Crippen LogP contribution in [0.5, 0.6) is 0 Å². The second kappa shape index (κ2) is 2.75. The average molecular weight is 183 g/mol. The molecule has 1 fully saturated rings. The van der Waals surface area contributed by atoms with E-state index in [0.717, 1.165) is 17.7 Å². The van der Waals surface area contributed by atoms with E-state index >= 15 is 0 Å². The maximum absolute atomic E-state index is 12.5. The predicted molar refractivity (Wildman–Crippen MR) is 48.4 cm³/mol. The van der Waals surface area contributed by atoms with Gasteiger partial charge >= 0.3 is 0 Å². The summed E-state index contributed by atoms with van der Waals surface area (Å²) in [6, 6.07) is 6.47. The molecule has 2 rings (SSSR count). The van der Waals surface area contributed by atoms with Crippen LogP contribution in [0.1, 0.15) is 12.8 Å². The highest BCUT2D eigenvalue weighted by Crippen LogP contribution is 2.46. The number of halogens is 1. The minimum atomic E-state index is -0.193. The van der Waals surface area contributed by atoms with Crippen molar-refractivity contribution in [2.75, 3.05) is 0 Å². The van der Waals surface area contributed by atoms with Gasteiger partial charge in [0.25, 0.3) is 0 Å². The zero-order valence-corrected chi connectivity index (χ0v) is 7.40. The predicted octanol–water partition coefficient (Wildman–Crippen LogP) is 2.37. The highest BCUT2D eigenvalue weighted by molar-refractivity contribution is 8.01. The summed E-state index contributed by atoms with van der Waals surface area (Å²) in [5.41, 5.74) is 5.89. The molecule has 0 unspecified atom stereocenters. The summed E-state index contributed by atoms with van der Waals surface area (Å²) in [7, 11) is 0. The molecule has 0 saturated heterocycles. The molecule has 0 heterocycles. The molecule has 1 saturated carbocycles. The first-order valence-corrected chi connectivity index (χ1v) is 4.73. The van der Waals surface area contributed by atoms with Gasteiger partial charge in [-0.05, 0) is 37.1 Å². The van der Waals surface area contributed by atoms with Gasteiger partial charge in [-0.25, -0.2) is 4.39 Å². The van der Waals surface area contributed by atoms with Crippen LogP contribution in [0, 0.1) is 5.82 Å². The summed E-state index contributed by atoms with van der Waals surface area (Å²) >= 11 is 1.63. The van der Waals surface area contributed by atoms with E-state index in [9.17, 15) is 4.39 Å². The van der Waals surface area contributed by atoms with E-state index in [4.69, 9.17) is 5.73 Å². The lowest BCUT2D eigenvalue weighted by molar-refractivity contribution is 0.626. The van der Waals surface area contributed by atoms with Gasteiger partial charge in [-0.3, -0.25) is 0 Å². The molecule has 64 valence electrons. The summed E-state index contributed by atoms with van der Waals surface area (Å²) in [5.74, 6) is -0.193. The number of nitrogens with two attached hydrogens (primary N) is 1. The average Bonchev–Trinajstić information content (AvgIpc) is 2.74. The third kappa shape index (κ3) is 1.79. The van der Waals surface area contributed by atoms with Crippen molar-refractivity contribution in [2.45, 2.75) is 22.6 Å². The van der Waals surface area contributed by atoms with E-state index < -0.39 is 0 Å². The molecule has 0 aliphatic heterocycles. The van der Waals surface area contributed by atoms with Crippen LogP contribution in [0.4, 0.5) is 4.39 Å². The Hall–Kier alpha value is -0.540. The number of thioether (sulfide) groups is 1. The second-order valence-corrected chi connectivity index (χ2v) is 4.61. The van der Waals surface area contributed by atoms with Gasteiger partial charge in [0.1, 0.15) is 5.82 Å². The van der Waals surface area contributed by atoms with Gasteiger partial charge in [0.05, 0.1) is 4.87 Å². The quantitative estimate of drug-likeness (QED) is 0.712. The summed E-state index contributed by atoms with van der Waals surface area (Å²) in [6.07, 6.45) is 2.13. The van der Waals surface area contributed by atoms with Crippen molar-refractivity contribution >= 4 is 11.8 Å². The largest absolute Gasteiger partial charge is 0.317 e. The molecule has 0 spiro atoms. The molecule has 0 amide bonds. The Labute approximate surface area is 75.1 Å². The van der Waals surface area contributed by atoms with Gasteiger partial charge < -0.3 is 5.73 Å². The van der Waals surface area contributed by atoms with Crippen LogP contribution in [0.25, 0.3) is 0 Å². The van der Waals surface area contributed by atoms with Crippen LogP contribution >= 0.6 is 11.8 Å². The first-order chi connectivity index (χ1) is 5.68. The molecule has 0 radical (unpaired) electrons. The minimum Gasteiger partial charge on any atom is -0.317 e. The summed E-state index contributed by atoms with van der Waals surface area (Å²) in [5, 5.41) is 0. The molecule has 1 nitrogen and oxygen atoms in total. The summed E-state index contributed by atoms with van der Waals surface area (Å²) in [6.45, 7) is 0. The Balaban J connectivity index is 2.08. The topological polar surface area (TPSA) is 26.0 Å². The fourth-order valence-electron chi connectivity index (χ4n) is 0.963. The summed E-state index contributed by atoms with van der Waals surface area (Å²) < 4.78 is 12.5. The lowest BCUT2D eigenvalue weighted by Gasteiger charge is -2.06. The van der Waals surface area contributed by atoms with Crippen molar-refractivity contribution in [1.29, 1.82) is 0 Å². The van der Waals surface area contributed by atoms with Crippen molar-refractivity contribution in [2.24, 2.45) is 5.73 Å². The molecular weight excluding hydrogens is 173 g/mol. The Morgan fingerprint density at radius 1 is 1.25 bits per heavy atom. The van der Waals surface area contributed by atoms with E-state index in [1.165, 1.54) is 12.1 Å². The van der Waals surface area contributed by atoms with Crippen LogP contribution in [-0.2, 0) is 0 Å². The summed E-state index contributed by atoms with van der Waals surface area (Å²) in [4.78, 5) is 0.995. The monoisotopic (exact) mass is 183 g/mol. The lowest BCUT2D eigenvalue weighted by Crippen LogP contribution is -2.15. The molecule has 0 bridgehead atoms. The fraction of sp³-hybridized carbons (Fsp3) is 0.333. The first kappa shape index (κ1) is 8.08. The molecule has 1 aliphatic carbocycles. The van der Waals surface area contributed by atoms with E-state index in [-0.39, 0.29) is 10.7 Å². The Bertz CT molecular complexity index is 279. The number of benzene rings is 1. The van der Waals surface area contributed by atoms with Crippen LogP contribution < -0.4 is 5.73 Å². The molecule has 1 aliphatic rings. The van der Waals surface area contributed by atoms with E-state index in [1.807, 2.05) is 0 Å². The number of hydrogen-bond donors (Lipinski definition) is 1. The van der Waals surface area contributed by atoms with Gasteiger partial charge in [-0.15, -0.1) is 11.8 Å². The van der Waals surface area contributed by atoms with Crippen LogP contribution in [0.3, 0.4) is 0 Å².